The predicted octanol–water partition coefficient (Wildman–Crippen LogP) is 3.02. The summed E-state index contributed by atoms with van der Waals surface area (Å²) in [7, 11) is 2.41. The number of carbonyl (C=O) groups is 3. The van der Waals surface area contributed by atoms with Gasteiger partial charge in [-0.2, -0.15) is 5.26 Å². The van der Waals surface area contributed by atoms with Crippen LogP contribution in [0.4, 0.5) is 11.4 Å². The van der Waals surface area contributed by atoms with E-state index < -0.39 is 17.9 Å². The van der Waals surface area contributed by atoms with Gasteiger partial charge in [0.1, 0.15) is 11.5 Å². The molecule has 2 aliphatic rings. The maximum absolute atomic E-state index is 13.2. The molecule has 36 heavy (non-hydrogen) atoms. The lowest BCUT2D eigenvalue weighted by Gasteiger charge is -2.36. The molecular formula is C27H26N4O5. The van der Waals surface area contributed by atoms with Crippen molar-refractivity contribution in [3.63, 3.8) is 0 Å². The van der Waals surface area contributed by atoms with Crippen LogP contribution >= 0.6 is 0 Å². The molecule has 2 heterocycles. The summed E-state index contributed by atoms with van der Waals surface area (Å²) in [5, 5.41) is 10.1. The number of amides is 1. The first-order valence-electron chi connectivity index (χ1n) is 11.4. The number of aryl methyl sites for hydroxylation is 1. The molecule has 2 aromatic rings. The molecule has 0 aliphatic carbocycles. The van der Waals surface area contributed by atoms with Crippen LogP contribution in [0.15, 0.2) is 71.2 Å². The van der Waals surface area contributed by atoms with Crippen molar-refractivity contribution >= 4 is 29.2 Å². The van der Waals surface area contributed by atoms with Crippen molar-refractivity contribution in [3.8, 4) is 6.07 Å². The first-order valence-corrected chi connectivity index (χ1v) is 11.4. The highest BCUT2D eigenvalue weighted by Gasteiger charge is 2.43. The van der Waals surface area contributed by atoms with Gasteiger partial charge in [0.25, 0.3) is 0 Å². The van der Waals surface area contributed by atoms with Crippen LogP contribution in [-0.4, -0.2) is 38.6 Å². The van der Waals surface area contributed by atoms with Gasteiger partial charge in [-0.15, -0.1) is 0 Å². The second-order valence-corrected chi connectivity index (χ2v) is 8.45. The summed E-state index contributed by atoms with van der Waals surface area (Å²) in [5.74, 6) is -2.50. The molecule has 4 rings (SSSR count). The summed E-state index contributed by atoms with van der Waals surface area (Å²) in [5.41, 5.74) is 8.97. The van der Waals surface area contributed by atoms with Crippen LogP contribution < -0.4 is 15.5 Å². The van der Waals surface area contributed by atoms with Crippen LogP contribution in [0.3, 0.4) is 0 Å². The molecule has 0 saturated carbocycles. The van der Waals surface area contributed by atoms with Gasteiger partial charge < -0.3 is 20.1 Å². The van der Waals surface area contributed by atoms with E-state index >= 15 is 0 Å². The standard InChI is InChI=1S/C27H26N4O5/c1-16-14-18(11-12-20(16)30-13-7-10-21(30)32)31-24(27(34)36-3)23(26(33)35-2)22(19(15-28)25(31)29)17-8-5-4-6-9-17/h4-6,8-9,11-12,14,22H,7,10,13,29H2,1-3H3. The van der Waals surface area contributed by atoms with Crippen LogP contribution in [0.2, 0.25) is 0 Å². The Morgan fingerprint density at radius 1 is 1.08 bits per heavy atom. The Labute approximate surface area is 209 Å². The molecule has 0 radical (unpaired) electrons. The fourth-order valence-electron chi connectivity index (χ4n) is 4.77. The normalized spacial score (nSPS) is 17.8. The van der Waals surface area contributed by atoms with Gasteiger partial charge in [-0.05, 0) is 42.7 Å². The van der Waals surface area contributed by atoms with Crippen molar-refractivity contribution in [2.24, 2.45) is 5.73 Å². The molecule has 1 atom stereocenters. The fourth-order valence-corrected chi connectivity index (χ4v) is 4.77. The lowest BCUT2D eigenvalue weighted by atomic mass is 9.81. The van der Waals surface area contributed by atoms with E-state index in [9.17, 15) is 19.6 Å². The van der Waals surface area contributed by atoms with Gasteiger partial charge in [0.05, 0.1) is 37.4 Å². The molecule has 184 valence electrons. The molecule has 0 aromatic heterocycles. The molecule has 2 aliphatic heterocycles. The second kappa shape index (κ2) is 9.96. The van der Waals surface area contributed by atoms with Crippen molar-refractivity contribution in [1.29, 1.82) is 5.26 Å². The predicted molar refractivity (Wildman–Crippen MR) is 132 cm³/mol. The number of anilines is 2. The summed E-state index contributed by atoms with van der Waals surface area (Å²) in [6, 6.07) is 16.2. The molecule has 0 spiro atoms. The molecule has 9 heteroatoms. The maximum atomic E-state index is 13.2. The van der Waals surface area contributed by atoms with Crippen LogP contribution in [0.1, 0.15) is 29.9 Å². The number of rotatable bonds is 5. The Bertz CT molecular complexity index is 1340. The number of benzene rings is 2. The Hall–Kier alpha value is -4.58. The average molecular weight is 487 g/mol. The third-order valence-electron chi connectivity index (χ3n) is 6.41. The topological polar surface area (TPSA) is 126 Å². The number of hydrogen-bond acceptors (Lipinski definition) is 8. The highest BCUT2D eigenvalue weighted by atomic mass is 16.5. The zero-order chi connectivity index (χ0) is 26.0. The molecule has 1 amide bonds. The number of nitriles is 1. The Morgan fingerprint density at radius 3 is 2.33 bits per heavy atom. The Balaban J connectivity index is 1.96. The smallest absolute Gasteiger partial charge is 0.355 e. The zero-order valence-corrected chi connectivity index (χ0v) is 20.3. The number of ether oxygens (including phenoxy) is 2. The lowest BCUT2D eigenvalue weighted by molar-refractivity contribution is -0.139. The number of esters is 2. The lowest BCUT2D eigenvalue weighted by Crippen LogP contribution is -2.40. The number of carbonyl (C=O) groups excluding carboxylic acids is 3. The highest BCUT2D eigenvalue weighted by Crippen LogP contribution is 2.43. The van der Waals surface area contributed by atoms with Gasteiger partial charge >= 0.3 is 11.9 Å². The minimum atomic E-state index is -0.934. The van der Waals surface area contributed by atoms with E-state index in [1.54, 1.807) is 53.4 Å². The van der Waals surface area contributed by atoms with E-state index in [2.05, 4.69) is 6.07 Å². The highest BCUT2D eigenvalue weighted by molar-refractivity contribution is 6.06. The van der Waals surface area contributed by atoms with E-state index in [4.69, 9.17) is 15.2 Å². The Kier molecular flexibility index (Phi) is 6.79. The van der Waals surface area contributed by atoms with Gasteiger partial charge in [-0.1, -0.05) is 30.3 Å². The van der Waals surface area contributed by atoms with E-state index in [1.807, 2.05) is 6.92 Å². The van der Waals surface area contributed by atoms with Gasteiger partial charge in [0, 0.05) is 24.3 Å². The minimum absolute atomic E-state index is 0.0104. The van der Waals surface area contributed by atoms with Crippen molar-refractivity contribution < 1.29 is 23.9 Å². The first-order chi connectivity index (χ1) is 17.3. The molecule has 1 fully saturated rings. The summed E-state index contributed by atoms with van der Waals surface area (Å²) >= 11 is 0. The van der Waals surface area contributed by atoms with Crippen LogP contribution in [0.5, 0.6) is 0 Å². The van der Waals surface area contributed by atoms with Crippen molar-refractivity contribution in [2.45, 2.75) is 25.7 Å². The van der Waals surface area contributed by atoms with Gasteiger partial charge in [-0.25, -0.2) is 9.59 Å². The van der Waals surface area contributed by atoms with E-state index in [0.29, 0.717) is 24.2 Å². The fraction of sp³-hybridized carbons (Fsp3) is 0.259. The summed E-state index contributed by atoms with van der Waals surface area (Å²) in [6.07, 6.45) is 1.28. The minimum Gasteiger partial charge on any atom is -0.466 e. The van der Waals surface area contributed by atoms with Crippen LogP contribution in [0, 0.1) is 18.3 Å². The number of allylic oxidation sites excluding steroid dienone is 1. The summed E-state index contributed by atoms with van der Waals surface area (Å²) in [6.45, 7) is 2.47. The monoisotopic (exact) mass is 486 g/mol. The molecule has 1 unspecified atom stereocenters. The van der Waals surface area contributed by atoms with Crippen LogP contribution in [-0.2, 0) is 23.9 Å². The molecule has 2 aromatic carbocycles. The summed E-state index contributed by atoms with van der Waals surface area (Å²) in [4.78, 5) is 41.6. The largest absolute Gasteiger partial charge is 0.466 e. The average Bonchev–Trinajstić information content (AvgIpc) is 3.32. The second-order valence-electron chi connectivity index (χ2n) is 8.45. The third-order valence-corrected chi connectivity index (χ3v) is 6.41. The van der Waals surface area contributed by atoms with Gasteiger partial charge in [-0.3, -0.25) is 9.69 Å². The Morgan fingerprint density at radius 2 is 1.78 bits per heavy atom. The first kappa shape index (κ1) is 24.5. The number of methoxy groups -OCH3 is 2. The van der Waals surface area contributed by atoms with E-state index in [1.165, 1.54) is 19.1 Å². The van der Waals surface area contributed by atoms with Crippen molar-refractivity contribution in [2.75, 3.05) is 30.6 Å². The number of nitrogens with zero attached hydrogens (tertiary/aromatic N) is 3. The van der Waals surface area contributed by atoms with Crippen LogP contribution in [0.25, 0.3) is 0 Å². The van der Waals surface area contributed by atoms with E-state index in [0.717, 1.165) is 17.7 Å². The maximum Gasteiger partial charge on any atom is 0.355 e. The van der Waals surface area contributed by atoms with Crippen molar-refractivity contribution in [3.05, 3.63) is 82.3 Å². The zero-order valence-electron chi connectivity index (χ0n) is 20.3. The third kappa shape index (κ3) is 4.07. The van der Waals surface area contributed by atoms with E-state index in [-0.39, 0.29) is 28.6 Å². The summed E-state index contributed by atoms with van der Waals surface area (Å²) < 4.78 is 10.1. The molecular weight excluding hydrogens is 460 g/mol. The SMILES string of the molecule is COC(=O)C1=C(C(=O)OC)N(c2ccc(N3CCCC3=O)c(C)c2)C(N)=C(C#N)C1c1ccccc1. The molecule has 1 saturated heterocycles. The van der Waals surface area contributed by atoms with Crippen molar-refractivity contribution in [1.82, 2.24) is 0 Å². The van der Waals surface area contributed by atoms with Gasteiger partial charge in [0.15, 0.2) is 0 Å². The number of nitrogens with two attached hydrogens (primary N) is 1. The molecule has 0 bridgehead atoms. The quantitative estimate of drug-likeness (QED) is 0.639. The number of hydrogen-bond donors (Lipinski definition) is 1. The van der Waals surface area contributed by atoms with Gasteiger partial charge in [0.2, 0.25) is 5.91 Å². The molecule has 9 nitrogen and oxygen atoms in total. The molecule has 2 N–H and O–H groups in total.